The Morgan fingerprint density at radius 3 is 2.20 bits per heavy atom. The van der Waals surface area contributed by atoms with Gasteiger partial charge in [-0.1, -0.05) is 20.8 Å². The van der Waals surface area contributed by atoms with Crippen molar-refractivity contribution >= 4 is 5.69 Å². The van der Waals surface area contributed by atoms with E-state index in [1.165, 1.54) is 5.56 Å². The first-order valence-electron chi connectivity index (χ1n) is 6.98. The van der Waals surface area contributed by atoms with Gasteiger partial charge in [0.15, 0.2) is 11.5 Å². The molecule has 0 fully saturated rings. The minimum Gasteiger partial charge on any atom is -0.493 e. The van der Waals surface area contributed by atoms with E-state index in [2.05, 4.69) is 26.1 Å². The first-order valence-corrected chi connectivity index (χ1v) is 6.98. The van der Waals surface area contributed by atoms with Crippen molar-refractivity contribution in [2.24, 2.45) is 11.3 Å². The van der Waals surface area contributed by atoms with Crippen LogP contribution in [0, 0.1) is 11.3 Å². The second kappa shape index (κ2) is 5.43. The largest absolute Gasteiger partial charge is 0.493 e. The van der Waals surface area contributed by atoms with Gasteiger partial charge in [-0.05, 0) is 17.8 Å². The molecule has 0 saturated heterocycles. The molecular weight excluding hydrogens is 254 g/mol. The Balaban J connectivity index is 2.50. The molecule has 1 atom stereocenters. The molecule has 1 aromatic rings. The van der Waals surface area contributed by atoms with Crippen molar-refractivity contribution in [1.29, 1.82) is 0 Å². The smallest absolute Gasteiger partial charge is 0.203 e. The van der Waals surface area contributed by atoms with Gasteiger partial charge in [0.25, 0.3) is 0 Å². The lowest BCUT2D eigenvalue weighted by molar-refractivity contribution is 0.243. The molecule has 0 radical (unpaired) electrons. The average molecular weight is 279 g/mol. The SMILES string of the molecule is COc1cc2c(c(OC)c1OC)CC(C(C)(C)C)CN2. The maximum Gasteiger partial charge on any atom is 0.203 e. The van der Waals surface area contributed by atoms with E-state index in [1.54, 1.807) is 21.3 Å². The van der Waals surface area contributed by atoms with Crippen molar-refractivity contribution in [3.05, 3.63) is 11.6 Å². The highest BCUT2D eigenvalue weighted by Gasteiger charge is 2.32. The number of nitrogens with one attached hydrogen (secondary N) is 1. The third kappa shape index (κ3) is 2.51. The van der Waals surface area contributed by atoms with Crippen LogP contribution in [0.25, 0.3) is 0 Å². The van der Waals surface area contributed by atoms with Crippen LogP contribution in [0.15, 0.2) is 6.07 Å². The average Bonchev–Trinajstić information content (AvgIpc) is 2.43. The Morgan fingerprint density at radius 2 is 1.70 bits per heavy atom. The molecule has 112 valence electrons. The highest BCUT2D eigenvalue weighted by Crippen LogP contribution is 2.48. The summed E-state index contributed by atoms with van der Waals surface area (Å²) in [5, 5.41) is 3.50. The second-order valence-corrected chi connectivity index (χ2v) is 6.32. The standard InChI is InChI=1S/C16H25NO3/c1-16(2,3)10-7-11-12(17-9-10)8-13(18-4)15(20-6)14(11)19-5/h8,10,17H,7,9H2,1-6H3. The van der Waals surface area contributed by atoms with Crippen LogP contribution >= 0.6 is 0 Å². The summed E-state index contributed by atoms with van der Waals surface area (Å²) in [6, 6.07) is 2.00. The van der Waals surface area contributed by atoms with Crippen LogP contribution in [-0.2, 0) is 6.42 Å². The summed E-state index contributed by atoms with van der Waals surface area (Å²) in [5.74, 6) is 2.71. The Labute approximate surface area is 121 Å². The maximum atomic E-state index is 5.59. The molecular formula is C16H25NO3. The van der Waals surface area contributed by atoms with Crippen LogP contribution in [0.5, 0.6) is 17.2 Å². The van der Waals surface area contributed by atoms with Crippen LogP contribution in [0.4, 0.5) is 5.69 Å². The molecule has 2 rings (SSSR count). The van der Waals surface area contributed by atoms with E-state index >= 15 is 0 Å². The van der Waals surface area contributed by atoms with Gasteiger partial charge in [0.2, 0.25) is 5.75 Å². The first-order chi connectivity index (χ1) is 9.42. The van der Waals surface area contributed by atoms with Gasteiger partial charge in [-0.15, -0.1) is 0 Å². The molecule has 1 N–H and O–H groups in total. The van der Waals surface area contributed by atoms with Crippen molar-refractivity contribution in [2.45, 2.75) is 27.2 Å². The molecule has 0 aromatic heterocycles. The minimum absolute atomic E-state index is 0.253. The first kappa shape index (κ1) is 14.8. The quantitative estimate of drug-likeness (QED) is 0.921. The predicted molar refractivity (Wildman–Crippen MR) is 81.2 cm³/mol. The molecule has 0 aliphatic carbocycles. The Kier molecular flexibility index (Phi) is 4.02. The summed E-state index contributed by atoms with van der Waals surface area (Å²) in [7, 11) is 4.97. The van der Waals surface area contributed by atoms with E-state index in [-0.39, 0.29) is 5.41 Å². The number of methoxy groups -OCH3 is 3. The van der Waals surface area contributed by atoms with Crippen LogP contribution in [-0.4, -0.2) is 27.9 Å². The van der Waals surface area contributed by atoms with Gasteiger partial charge in [-0.25, -0.2) is 0 Å². The minimum atomic E-state index is 0.253. The summed E-state index contributed by atoms with van der Waals surface area (Å²) >= 11 is 0. The lowest BCUT2D eigenvalue weighted by Crippen LogP contribution is -2.33. The van der Waals surface area contributed by atoms with Crippen molar-refractivity contribution in [3.63, 3.8) is 0 Å². The molecule has 1 aliphatic rings. The highest BCUT2D eigenvalue weighted by atomic mass is 16.5. The van der Waals surface area contributed by atoms with Crippen LogP contribution < -0.4 is 19.5 Å². The summed E-state index contributed by atoms with van der Waals surface area (Å²) in [4.78, 5) is 0. The summed E-state index contributed by atoms with van der Waals surface area (Å²) in [6.45, 7) is 7.79. The number of fused-ring (bicyclic) bond motifs is 1. The lowest BCUT2D eigenvalue weighted by Gasteiger charge is -2.36. The molecule has 0 bridgehead atoms. The van der Waals surface area contributed by atoms with Gasteiger partial charge in [0, 0.05) is 23.9 Å². The Bertz CT molecular complexity index is 491. The predicted octanol–water partition coefficient (Wildman–Crippen LogP) is 3.34. The zero-order valence-corrected chi connectivity index (χ0v) is 13.3. The van der Waals surface area contributed by atoms with Crippen molar-refractivity contribution in [2.75, 3.05) is 33.2 Å². The topological polar surface area (TPSA) is 39.7 Å². The number of ether oxygens (including phenoxy) is 3. The number of hydrogen-bond acceptors (Lipinski definition) is 4. The number of benzene rings is 1. The molecule has 1 heterocycles. The normalized spacial score (nSPS) is 18.0. The monoisotopic (exact) mass is 279 g/mol. The third-order valence-electron chi connectivity index (χ3n) is 4.15. The molecule has 0 saturated carbocycles. The fourth-order valence-electron chi connectivity index (χ4n) is 2.74. The van der Waals surface area contributed by atoms with Gasteiger partial charge in [0.1, 0.15) is 0 Å². The van der Waals surface area contributed by atoms with Gasteiger partial charge < -0.3 is 19.5 Å². The van der Waals surface area contributed by atoms with Crippen molar-refractivity contribution in [1.82, 2.24) is 0 Å². The Morgan fingerprint density at radius 1 is 1.05 bits per heavy atom. The summed E-state index contributed by atoms with van der Waals surface area (Å²) in [6.07, 6.45) is 0.982. The van der Waals surface area contributed by atoms with Gasteiger partial charge in [0.05, 0.1) is 21.3 Å². The summed E-state index contributed by atoms with van der Waals surface area (Å²) < 4.78 is 16.5. The van der Waals surface area contributed by atoms with Crippen LogP contribution in [0.1, 0.15) is 26.3 Å². The molecule has 1 aromatic carbocycles. The van der Waals surface area contributed by atoms with E-state index in [9.17, 15) is 0 Å². The van der Waals surface area contributed by atoms with Crippen LogP contribution in [0.3, 0.4) is 0 Å². The molecule has 1 unspecified atom stereocenters. The van der Waals surface area contributed by atoms with Gasteiger partial charge in [-0.3, -0.25) is 0 Å². The maximum absolute atomic E-state index is 5.59. The van der Waals surface area contributed by atoms with E-state index < -0.39 is 0 Å². The number of hydrogen-bond donors (Lipinski definition) is 1. The van der Waals surface area contributed by atoms with Crippen molar-refractivity contribution in [3.8, 4) is 17.2 Å². The molecule has 4 heteroatoms. The molecule has 4 nitrogen and oxygen atoms in total. The zero-order chi connectivity index (χ0) is 14.9. The fraction of sp³-hybridized carbons (Fsp3) is 0.625. The fourth-order valence-corrected chi connectivity index (χ4v) is 2.74. The second-order valence-electron chi connectivity index (χ2n) is 6.32. The number of anilines is 1. The van der Waals surface area contributed by atoms with Gasteiger partial charge >= 0.3 is 0 Å². The Hall–Kier alpha value is -1.58. The van der Waals surface area contributed by atoms with E-state index in [0.29, 0.717) is 17.4 Å². The van der Waals surface area contributed by atoms with Crippen LogP contribution in [0.2, 0.25) is 0 Å². The van der Waals surface area contributed by atoms with Gasteiger partial charge in [-0.2, -0.15) is 0 Å². The molecule has 1 aliphatic heterocycles. The van der Waals surface area contributed by atoms with Crippen molar-refractivity contribution < 1.29 is 14.2 Å². The summed E-state index contributed by atoms with van der Waals surface area (Å²) in [5.41, 5.74) is 2.51. The van der Waals surface area contributed by atoms with E-state index in [1.807, 2.05) is 6.07 Å². The molecule has 20 heavy (non-hydrogen) atoms. The number of rotatable bonds is 3. The zero-order valence-electron chi connectivity index (χ0n) is 13.3. The lowest BCUT2D eigenvalue weighted by atomic mass is 9.75. The molecule has 0 spiro atoms. The highest BCUT2D eigenvalue weighted by molar-refractivity contribution is 5.70. The third-order valence-corrected chi connectivity index (χ3v) is 4.15. The van der Waals surface area contributed by atoms with E-state index in [4.69, 9.17) is 14.2 Å². The van der Waals surface area contributed by atoms with E-state index in [0.717, 1.165) is 24.4 Å². The molecule has 0 amide bonds.